The Balaban J connectivity index is 1.47. The van der Waals surface area contributed by atoms with Gasteiger partial charge >= 0.3 is 0 Å². The van der Waals surface area contributed by atoms with Crippen molar-refractivity contribution in [1.82, 2.24) is 5.01 Å². The summed E-state index contributed by atoms with van der Waals surface area (Å²) in [4.78, 5) is 17.6. The van der Waals surface area contributed by atoms with Gasteiger partial charge in [-0.15, -0.1) is 0 Å². The van der Waals surface area contributed by atoms with Crippen molar-refractivity contribution >= 4 is 46.2 Å². The Morgan fingerprint density at radius 1 is 1.03 bits per heavy atom. The number of halogens is 1. The molecule has 5 rings (SSSR count). The van der Waals surface area contributed by atoms with E-state index < -0.39 is 0 Å². The van der Waals surface area contributed by atoms with E-state index in [2.05, 4.69) is 4.99 Å². The molecular formula is C26H20ClN3O2S. The van der Waals surface area contributed by atoms with Crippen molar-refractivity contribution in [1.29, 1.82) is 0 Å². The lowest BCUT2D eigenvalue weighted by atomic mass is 9.98. The lowest BCUT2D eigenvalue weighted by molar-refractivity contribution is -0.113. The number of hydrazone groups is 1. The normalized spacial score (nSPS) is 19.1. The molecule has 164 valence electrons. The van der Waals surface area contributed by atoms with E-state index in [0.717, 1.165) is 28.2 Å². The minimum Gasteiger partial charge on any atom is -0.497 e. The van der Waals surface area contributed by atoms with Gasteiger partial charge in [-0.1, -0.05) is 66.2 Å². The molecule has 0 saturated carbocycles. The molecular weight excluding hydrogens is 454 g/mol. The Labute approximate surface area is 201 Å². The highest BCUT2D eigenvalue weighted by atomic mass is 35.5. The highest BCUT2D eigenvalue weighted by molar-refractivity contribution is 8.18. The quantitative estimate of drug-likeness (QED) is 0.425. The summed E-state index contributed by atoms with van der Waals surface area (Å²) in [6.45, 7) is 0. The van der Waals surface area contributed by atoms with Gasteiger partial charge < -0.3 is 4.74 Å². The second-order valence-electron chi connectivity index (χ2n) is 7.61. The van der Waals surface area contributed by atoms with E-state index >= 15 is 0 Å². The summed E-state index contributed by atoms with van der Waals surface area (Å²) in [5.74, 6) is 0.533. The van der Waals surface area contributed by atoms with E-state index in [4.69, 9.17) is 21.4 Å². The lowest BCUT2D eigenvalue weighted by Crippen LogP contribution is -2.23. The van der Waals surface area contributed by atoms with Crippen LogP contribution >= 0.6 is 23.4 Å². The topological polar surface area (TPSA) is 54.3 Å². The molecule has 1 atom stereocenters. The van der Waals surface area contributed by atoms with Gasteiger partial charge in [-0.25, -0.2) is 5.01 Å². The van der Waals surface area contributed by atoms with Crippen LogP contribution in [0.1, 0.15) is 29.2 Å². The average molecular weight is 474 g/mol. The zero-order valence-corrected chi connectivity index (χ0v) is 19.4. The van der Waals surface area contributed by atoms with Gasteiger partial charge in [0.1, 0.15) is 5.75 Å². The molecule has 0 radical (unpaired) electrons. The SMILES string of the molecule is COc1ccc([C@@H]2CC(c3ccccc3)=NN2C2=NC(=O)/C(=C/c3ccc(Cl)cc3)S2)cc1. The summed E-state index contributed by atoms with van der Waals surface area (Å²) < 4.78 is 5.31. The van der Waals surface area contributed by atoms with E-state index in [1.807, 2.05) is 77.8 Å². The van der Waals surface area contributed by atoms with Gasteiger partial charge in [0.25, 0.3) is 5.91 Å². The number of hydrogen-bond acceptors (Lipinski definition) is 5. The number of hydrogen-bond donors (Lipinski definition) is 0. The van der Waals surface area contributed by atoms with E-state index in [1.54, 1.807) is 19.2 Å². The fraction of sp³-hybridized carbons (Fsp3) is 0.115. The number of carbonyl (C=O) groups is 1. The van der Waals surface area contributed by atoms with Gasteiger partial charge in [-0.2, -0.15) is 10.1 Å². The zero-order chi connectivity index (χ0) is 22.8. The largest absolute Gasteiger partial charge is 0.497 e. The molecule has 2 aliphatic heterocycles. The Morgan fingerprint density at radius 2 is 1.76 bits per heavy atom. The van der Waals surface area contributed by atoms with Crippen LogP contribution in [0.25, 0.3) is 6.08 Å². The van der Waals surface area contributed by atoms with Crippen molar-refractivity contribution in [3.05, 3.63) is 105 Å². The van der Waals surface area contributed by atoms with E-state index in [0.29, 0.717) is 21.5 Å². The Hall–Kier alpha value is -3.35. The van der Waals surface area contributed by atoms with Gasteiger partial charge in [-0.05, 0) is 58.8 Å². The molecule has 0 aromatic heterocycles. The van der Waals surface area contributed by atoms with Gasteiger partial charge in [0, 0.05) is 11.4 Å². The van der Waals surface area contributed by atoms with Crippen molar-refractivity contribution in [2.75, 3.05) is 7.11 Å². The maximum absolute atomic E-state index is 12.7. The second kappa shape index (κ2) is 9.25. The summed E-state index contributed by atoms with van der Waals surface area (Å²) in [6.07, 6.45) is 2.54. The van der Waals surface area contributed by atoms with Crippen LogP contribution in [-0.2, 0) is 4.79 Å². The van der Waals surface area contributed by atoms with Crippen molar-refractivity contribution in [2.45, 2.75) is 12.5 Å². The van der Waals surface area contributed by atoms with Crippen molar-refractivity contribution in [3.63, 3.8) is 0 Å². The predicted octanol–water partition coefficient (Wildman–Crippen LogP) is 6.17. The molecule has 3 aromatic carbocycles. The monoisotopic (exact) mass is 473 g/mol. The molecule has 0 bridgehead atoms. The zero-order valence-electron chi connectivity index (χ0n) is 17.8. The first-order valence-corrected chi connectivity index (χ1v) is 11.6. The fourth-order valence-corrected chi connectivity index (χ4v) is 4.82. The molecule has 0 saturated heterocycles. The number of ether oxygens (including phenoxy) is 1. The molecule has 3 aromatic rings. The van der Waals surface area contributed by atoms with Crippen molar-refractivity contribution in [3.8, 4) is 5.75 Å². The number of methoxy groups -OCH3 is 1. The number of amides is 1. The molecule has 0 fully saturated rings. The third-order valence-corrected chi connectivity index (χ3v) is 6.72. The van der Waals surface area contributed by atoms with Gasteiger partial charge in [0.2, 0.25) is 0 Å². The first kappa shape index (κ1) is 21.5. The third kappa shape index (κ3) is 4.58. The minimum atomic E-state index is -0.262. The minimum absolute atomic E-state index is 0.0694. The summed E-state index contributed by atoms with van der Waals surface area (Å²) in [7, 11) is 1.65. The number of nitrogens with zero attached hydrogens (tertiary/aromatic N) is 3. The van der Waals surface area contributed by atoms with Crippen LogP contribution in [0, 0.1) is 0 Å². The van der Waals surface area contributed by atoms with E-state index in [-0.39, 0.29) is 11.9 Å². The highest BCUT2D eigenvalue weighted by Gasteiger charge is 2.36. The molecule has 0 unspecified atom stereocenters. The smallest absolute Gasteiger partial charge is 0.286 e. The first-order chi connectivity index (χ1) is 16.1. The van der Waals surface area contributed by atoms with Gasteiger partial charge in [-0.3, -0.25) is 4.79 Å². The molecule has 0 spiro atoms. The number of carbonyl (C=O) groups excluding carboxylic acids is 1. The van der Waals surface area contributed by atoms with Crippen LogP contribution in [0.15, 0.2) is 93.9 Å². The number of aliphatic imine (C=N–C) groups is 1. The summed E-state index contributed by atoms with van der Waals surface area (Å²) in [5.41, 5.74) is 4.00. The molecule has 33 heavy (non-hydrogen) atoms. The number of benzene rings is 3. The van der Waals surface area contributed by atoms with Crippen molar-refractivity contribution < 1.29 is 9.53 Å². The Bertz CT molecular complexity index is 1270. The maximum Gasteiger partial charge on any atom is 0.286 e. The number of amidine groups is 1. The molecule has 1 amide bonds. The summed E-state index contributed by atoms with van der Waals surface area (Å²) in [6, 6.07) is 25.3. The van der Waals surface area contributed by atoms with Crippen LogP contribution in [0.2, 0.25) is 5.02 Å². The molecule has 0 N–H and O–H groups in total. The van der Waals surface area contributed by atoms with Crippen LogP contribution in [0.3, 0.4) is 0 Å². The van der Waals surface area contributed by atoms with Crippen LogP contribution in [0.4, 0.5) is 0 Å². The van der Waals surface area contributed by atoms with Crippen LogP contribution in [-0.4, -0.2) is 28.9 Å². The second-order valence-corrected chi connectivity index (χ2v) is 9.06. The standard InChI is InChI=1S/C26H20ClN3O2S/c1-32-21-13-9-19(10-14-21)23-16-22(18-5-3-2-4-6-18)29-30(23)26-28-25(31)24(33-26)15-17-7-11-20(27)12-8-17/h2-15,23H,16H2,1H3/b24-15-/t23-/m0/s1. The first-order valence-electron chi connectivity index (χ1n) is 10.4. The van der Waals surface area contributed by atoms with Gasteiger partial charge in [0.15, 0.2) is 5.17 Å². The predicted molar refractivity (Wildman–Crippen MR) is 135 cm³/mol. The van der Waals surface area contributed by atoms with Gasteiger partial charge in [0.05, 0.1) is 23.8 Å². The third-order valence-electron chi connectivity index (χ3n) is 5.49. The molecule has 5 nitrogen and oxygen atoms in total. The summed E-state index contributed by atoms with van der Waals surface area (Å²) in [5, 5.41) is 8.00. The fourth-order valence-electron chi connectivity index (χ4n) is 3.78. The maximum atomic E-state index is 12.7. The molecule has 2 heterocycles. The summed E-state index contributed by atoms with van der Waals surface area (Å²) >= 11 is 7.32. The molecule has 0 aliphatic carbocycles. The average Bonchev–Trinajstić information content (AvgIpc) is 3.45. The number of thioether (sulfide) groups is 1. The van der Waals surface area contributed by atoms with Crippen LogP contribution in [0.5, 0.6) is 5.75 Å². The lowest BCUT2D eigenvalue weighted by Gasteiger charge is -2.22. The Morgan fingerprint density at radius 3 is 2.45 bits per heavy atom. The molecule has 7 heteroatoms. The molecule has 2 aliphatic rings. The van der Waals surface area contributed by atoms with Crippen molar-refractivity contribution in [2.24, 2.45) is 10.1 Å². The van der Waals surface area contributed by atoms with E-state index in [9.17, 15) is 4.79 Å². The highest BCUT2D eigenvalue weighted by Crippen LogP contribution is 2.39. The van der Waals surface area contributed by atoms with Crippen LogP contribution < -0.4 is 4.74 Å². The van der Waals surface area contributed by atoms with E-state index in [1.165, 1.54) is 11.8 Å². The number of rotatable bonds is 4. The Kier molecular flexibility index (Phi) is 6.03.